The zero-order valence-electron chi connectivity index (χ0n) is 21.9. The molecule has 3 aliphatic heterocycles. The van der Waals surface area contributed by atoms with Gasteiger partial charge in [-0.1, -0.05) is 26.0 Å². The third-order valence-corrected chi connectivity index (χ3v) is 9.73. The summed E-state index contributed by atoms with van der Waals surface area (Å²) in [4.78, 5) is 19.1. The standard InChI is InChI=1S/C28H38N4O4S/c1-28(2)20-26(21-4-3-5-23(18-21)31-10-14-36-15-11-31)32(9-8-30-12-16-37(34,35)17-13-30)25-7-6-22(27(29)33)19-24(25)28/h3-7,18-19,26H,8-17,20H2,1-2H3,(H2,29,33). The predicted molar refractivity (Wildman–Crippen MR) is 147 cm³/mol. The highest BCUT2D eigenvalue weighted by molar-refractivity contribution is 7.91. The first-order valence-electron chi connectivity index (χ1n) is 13.2. The Morgan fingerprint density at radius 2 is 1.76 bits per heavy atom. The van der Waals surface area contributed by atoms with Crippen LogP contribution in [0.5, 0.6) is 0 Å². The lowest BCUT2D eigenvalue weighted by atomic mass is 9.72. The largest absolute Gasteiger partial charge is 0.378 e. The maximum absolute atomic E-state index is 12.0. The van der Waals surface area contributed by atoms with Crippen molar-refractivity contribution in [2.45, 2.75) is 31.7 Å². The van der Waals surface area contributed by atoms with E-state index in [0.29, 0.717) is 18.7 Å². The average molecular weight is 527 g/mol. The van der Waals surface area contributed by atoms with Crippen molar-refractivity contribution in [2.75, 3.05) is 73.8 Å². The molecule has 5 rings (SSSR count). The molecule has 1 amide bonds. The van der Waals surface area contributed by atoms with Gasteiger partial charge in [0.25, 0.3) is 0 Å². The number of morpholine rings is 1. The fraction of sp³-hybridized carbons (Fsp3) is 0.536. The molecule has 1 unspecified atom stereocenters. The van der Waals surface area contributed by atoms with Gasteiger partial charge in [-0.25, -0.2) is 8.42 Å². The highest BCUT2D eigenvalue weighted by atomic mass is 32.2. The Balaban J connectivity index is 1.48. The molecule has 37 heavy (non-hydrogen) atoms. The van der Waals surface area contributed by atoms with Crippen LogP contribution >= 0.6 is 0 Å². The first-order valence-corrected chi connectivity index (χ1v) is 15.0. The lowest BCUT2D eigenvalue weighted by Crippen LogP contribution is -2.47. The van der Waals surface area contributed by atoms with Crippen molar-refractivity contribution in [1.29, 1.82) is 0 Å². The summed E-state index contributed by atoms with van der Waals surface area (Å²) in [5.41, 5.74) is 10.7. The molecule has 0 bridgehead atoms. The van der Waals surface area contributed by atoms with Gasteiger partial charge in [0.15, 0.2) is 9.84 Å². The first-order chi connectivity index (χ1) is 17.6. The quantitative estimate of drug-likeness (QED) is 0.618. The smallest absolute Gasteiger partial charge is 0.248 e. The number of nitrogens with zero attached hydrogens (tertiary/aromatic N) is 3. The summed E-state index contributed by atoms with van der Waals surface area (Å²) >= 11 is 0. The highest BCUT2D eigenvalue weighted by Gasteiger charge is 2.39. The van der Waals surface area contributed by atoms with Crippen LogP contribution in [0.4, 0.5) is 11.4 Å². The second-order valence-corrected chi connectivity index (χ2v) is 13.4. The minimum atomic E-state index is -2.92. The molecule has 3 aliphatic rings. The molecule has 3 heterocycles. The Hall–Kier alpha value is -2.62. The molecule has 0 aliphatic carbocycles. The summed E-state index contributed by atoms with van der Waals surface area (Å²) in [6.07, 6.45) is 0.892. The molecular formula is C28H38N4O4S. The van der Waals surface area contributed by atoms with E-state index < -0.39 is 15.7 Å². The summed E-state index contributed by atoms with van der Waals surface area (Å²) in [5.74, 6) is 0.0350. The number of amides is 1. The van der Waals surface area contributed by atoms with Crippen molar-refractivity contribution in [3.63, 3.8) is 0 Å². The second-order valence-electron chi connectivity index (χ2n) is 11.1. The predicted octanol–water partition coefficient (Wildman–Crippen LogP) is 2.58. The fourth-order valence-corrected chi connectivity index (χ4v) is 7.18. The lowest BCUT2D eigenvalue weighted by Gasteiger charge is -2.47. The van der Waals surface area contributed by atoms with Crippen LogP contribution in [0.2, 0.25) is 0 Å². The van der Waals surface area contributed by atoms with Gasteiger partial charge in [-0.05, 0) is 53.3 Å². The van der Waals surface area contributed by atoms with E-state index in [4.69, 9.17) is 10.5 Å². The summed E-state index contributed by atoms with van der Waals surface area (Å²) < 4.78 is 29.4. The molecule has 1 atom stereocenters. The maximum atomic E-state index is 12.0. The van der Waals surface area contributed by atoms with Crippen LogP contribution < -0.4 is 15.5 Å². The van der Waals surface area contributed by atoms with E-state index in [2.05, 4.69) is 52.8 Å². The van der Waals surface area contributed by atoms with Crippen molar-refractivity contribution in [2.24, 2.45) is 5.73 Å². The molecule has 0 saturated carbocycles. The van der Waals surface area contributed by atoms with Gasteiger partial charge in [-0.2, -0.15) is 0 Å². The van der Waals surface area contributed by atoms with E-state index in [-0.39, 0.29) is 23.0 Å². The molecule has 9 heteroatoms. The number of hydrogen-bond acceptors (Lipinski definition) is 7. The SMILES string of the molecule is CC1(C)CC(c2cccc(N3CCOCC3)c2)N(CCN2CCS(=O)(=O)CC2)c2ccc(C(N)=O)cc21. The van der Waals surface area contributed by atoms with E-state index in [0.717, 1.165) is 57.1 Å². The van der Waals surface area contributed by atoms with Crippen molar-refractivity contribution in [3.8, 4) is 0 Å². The number of sulfone groups is 1. The number of primary amides is 1. The number of anilines is 2. The fourth-order valence-electron chi connectivity index (χ4n) is 5.90. The Morgan fingerprint density at radius 1 is 1.03 bits per heavy atom. The van der Waals surface area contributed by atoms with E-state index in [1.165, 1.54) is 11.3 Å². The molecule has 2 aromatic carbocycles. The van der Waals surface area contributed by atoms with Crippen molar-refractivity contribution >= 4 is 27.1 Å². The van der Waals surface area contributed by atoms with E-state index in [1.807, 2.05) is 18.2 Å². The van der Waals surface area contributed by atoms with Crippen LogP contribution in [-0.2, 0) is 20.0 Å². The number of fused-ring (bicyclic) bond motifs is 1. The van der Waals surface area contributed by atoms with Crippen LogP contribution in [0.25, 0.3) is 0 Å². The van der Waals surface area contributed by atoms with Crippen molar-refractivity contribution in [1.82, 2.24) is 4.90 Å². The van der Waals surface area contributed by atoms with Gasteiger partial charge in [-0.3, -0.25) is 9.69 Å². The van der Waals surface area contributed by atoms with Crippen molar-refractivity contribution < 1.29 is 17.9 Å². The molecule has 0 aromatic heterocycles. The number of carbonyl (C=O) groups excluding carboxylic acids is 1. The van der Waals surface area contributed by atoms with Gasteiger partial charge in [0, 0.05) is 56.2 Å². The number of ether oxygens (including phenoxy) is 1. The lowest BCUT2D eigenvalue weighted by molar-refractivity contribution is 0.1000. The Bertz CT molecular complexity index is 1240. The molecule has 2 aromatic rings. The summed E-state index contributed by atoms with van der Waals surface area (Å²) in [6, 6.07) is 14.8. The van der Waals surface area contributed by atoms with Gasteiger partial charge >= 0.3 is 0 Å². The van der Waals surface area contributed by atoms with Gasteiger partial charge in [0.2, 0.25) is 5.91 Å². The molecule has 0 radical (unpaired) electrons. The van der Waals surface area contributed by atoms with Gasteiger partial charge in [0.05, 0.1) is 30.8 Å². The third kappa shape index (κ3) is 5.63. The molecule has 2 N–H and O–H groups in total. The minimum absolute atomic E-state index is 0.149. The molecule has 2 saturated heterocycles. The number of nitrogens with two attached hydrogens (primary N) is 1. The Kier molecular flexibility index (Phi) is 7.22. The van der Waals surface area contributed by atoms with Crippen LogP contribution in [0.3, 0.4) is 0 Å². The second kappa shape index (κ2) is 10.3. The van der Waals surface area contributed by atoms with Gasteiger partial charge in [0.1, 0.15) is 0 Å². The topological polar surface area (TPSA) is 96.2 Å². The molecule has 0 spiro atoms. The Morgan fingerprint density at radius 3 is 2.46 bits per heavy atom. The van der Waals surface area contributed by atoms with Crippen LogP contribution in [0.1, 0.15) is 47.8 Å². The zero-order valence-corrected chi connectivity index (χ0v) is 22.7. The van der Waals surface area contributed by atoms with Crippen molar-refractivity contribution in [3.05, 3.63) is 59.2 Å². The summed E-state index contributed by atoms with van der Waals surface area (Å²) in [7, 11) is -2.92. The monoisotopic (exact) mass is 526 g/mol. The van der Waals surface area contributed by atoms with Crippen LogP contribution in [0, 0.1) is 0 Å². The first kappa shape index (κ1) is 26.0. The molecule has 8 nitrogen and oxygen atoms in total. The summed E-state index contributed by atoms with van der Waals surface area (Å²) in [5, 5.41) is 0. The van der Waals surface area contributed by atoms with Crippen LogP contribution in [-0.4, -0.2) is 83.2 Å². The van der Waals surface area contributed by atoms with Gasteiger partial charge < -0.3 is 20.3 Å². The van der Waals surface area contributed by atoms with E-state index in [9.17, 15) is 13.2 Å². The normalized spacial score (nSPS) is 23.5. The molecule has 200 valence electrons. The van der Waals surface area contributed by atoms with Gasteiger partial charge in [-0.15, -0.1) is 0 Å². The number of carbonyl (C=O) groups is 1. The van der Waals surface area contributed by atoms with E-state index >= 15 is 0 Å². The third-order valence-electron chi connectivity index (χ3n) is 8.12. The minimum Gasteiger partial charge on any atom is -0.378 e. The Labute approximate surface area is 220 Å². The number of hydrogen-bond donors (Lipinski definition) is 1. The van der Waals surface area contributed by atoms with Crippen LogP contribution in [0.15, 0.2) is 42.5 Å². The van der Waals surface area contributed by atoms with E-state index in [1.54, 1.807) is 0 Å². The maximum Gasteiger partial charge on any atom is 0.248 e. The highest BCUT2D eigenvalue weighted by Crippen LogP contribution is 2.48. The number of rotatable bonds is 6. The average Bonchev–Trinajstić information content (AvgIpc) is 2.89. The molecule has 2 fully saturated rings. The summed E-state index contributed by atoms with van der Waals surface area (Å²) in [6.45, 7) is 10.4. The zero-order chi connectivity index (χ0) is 26.2. The number of benzene rings is 2. The molecular weight excluding hydrogens is 488 g/mol.